The summed E-state index contributed by atoms with van der Waals surface area (Å²) in [6.45, 7) is 46.8. The zero-order valence-electron chi connectivity index (χ0n) is 74.6. The average molecular weight is 1640 g/mol. The van der Waals surface area contributed by atoms with Crippen molar-refractivity contribution in [3.63, 3.8) is 0 Å². The summed E-state index contributed by atoms with van der Waals surface area (Å²) in [6, 6.07) is -0.285. The third-order valence-electron chi connectivity index (χ3n) is 18.4. The minimum Gasteiger partial charge on any atom is -0.444 e. The molecule has 0 radical (unpaired) electrons. The number of ketones is 5. The fourth-order valence-electron chi connectivity index (χ4n) is 9.69. The van der Waals surface area contributed by atoms with E-state index in [4.69, 9.17) is 23.7 Å². The van der Waals surface area contributed by atoms with Gasteiger partial charge in [0.2, 0.25) is 53.2 Å². The predicted molar refractivity (Wildman–Crippen MR) is 445 cm³/mol. The fraction of sp³-hybridized carbons (Fsp3) is 0.807. The van der Waals surface area contributed by atoms with Crippen molar-refractivity contribution in [3.8, 4) is 0 Å². The molecule has 32 nitrogen and oxygen atoms in total. The fourth-order valence-corrected chi connectivity index (χ4v) is 9.69. The molecule has 0 fully saturated rings. The van der Waals surface area contributed by atoms with E-state index in [2.05, 4.69) is 107 Å². The molecule has 7 unspecified atom stereocenters. The van der Waals surface area contributed by atoms with Crippen LogP contribution in [0.2, 0.25) is 0 Å². The number of nitrogens with one attached hydrogen (secondary N) is 11. The second kappa shape index (κ2) is 72.5. The lowest BCUT2D eigenvalue weighted by Crippen LogP contribution is -2.48. The van der Waals surface area contributed by atoms with Crippen molar-refractivity contribution in [2.75, 3.05) is 98.5 Å². The SMILES string of the molecule is CC(=O)CCC(CNC(C)=O)C(C)C.CC(=O)CCC(CNC(C)=O)OC(=O)NC(C)C(C)C.CC(=O)CCC(CNC(C)=O)OC(=O)NC(CNC(C)=O)C(C)C.CC(=O)CCCCCC(=O)CCOCC(CCOCCC(=O)NCCCNC(C)=O)(COCCC(=O)NCCCNC(C)=O)C(C)C.CC(=O)NCC(C)C(C)C. The van der Waals surface area contributed by atoms with Gasteiger partial charge in [0.25, 0.3) is 0 Å². The number of hydrogen-bond acceptors (Lipinski definition) is 21. The van der Waals surface area contributed by atoms with Crippen LogP contribution in [-0.2, 0) is 90.8 Å². The second-order valence-corrected chi connectivity index (χ2v) is 31.3. The van der Waals surface area contributed by atoms with Crippen LogP contribution in [-0.4, -0.2) is 217 Å². The van der Waals surface area contributed by atoms with E-state index in [9.17, 15) is 76.7 Å². The van der Waals surface area contributed by atoms with Crippen LogP contribution in [0, 0.1) is 46.8 Å². The highest BCUT2D eigenvalue weighted by molar-refractivity contribution is 5.80. The van der Waals surface area contributed by atoms with E-state index >= 15 is 0 Å². The van der Waals surface area contributed by atoms with Gasteiger partial charge in [-0.25, -0.2) is 9.59 Å². The highest BCUT2D eigenvalue weighted by Crippen LogP contribution is 2.33. The summed E-state index contributed by atoms with van der Waals surface area (Å²) in [6.07, 6.45) is 6.64. The molecule has 115 heavy (non-hydrogen) atoms. The topological polar surface area (TPSA) is 452 Å². The number of unbranched alkanes of at least 4 members (excludes halogenated alkanes) is 2. The second-order valence-electron chi connectivity index (χ2n) is 31.3. The third kappa shape index (κ3) is 81.0. The van der Waals surface area contributed by atoms with Gasteiger partial charge < -0.3 is 101 Å². The molecule has 0 aliphatic carbocycles. The van der Waals surface area contributed by atoms with Gasteiger partial charge in [0.15, 0.2) is 0 Å². The van der Waals surface area contributed by atoms with Crippen molar-refractivity contribution in [2.45, 2.75) is 293 Å². The first-order valence-corrected chi connectivity index (χ1v) is 41.1. The number of alkyl carbamates (subject to hydrolysis) is 2. The van der Waals surface area contributed by atoms with Crippen LogP contribution in [0.1, 0.15) is 268 Å². The first-order chi connectivity index (χ1) is 53.7. The number of Topliss-reactive ketones (excluding diaryl/α,β-unsaturated/α-hetero) is 5. The van der Waals surface area contributed by atoms with Crippen molar-refractivity contribution >= 4 is 94.3 Å². The molecule has 0 saturated heterocycles. The predicted octanol–water partition coefficient (Wildman–Crippen LogP) is 8.19. The Hall–Kier alpha value is -8.00. The molecule has 0 heterocycles. The molecule has 0 saturated carbocycles. The van der Waals surface area contributed by atoms with Gasteiger partial charge in [-0.05, 0) is 127 Å². The van der Waals surface area contributed by atoms with Gasteiger partial charge in [-0.1, -0.05) is 82.6 Å². The van der Waals surface area contributed by atoms with Gasteiger partial charge >= 0.3 is 12.2 Å². The molecule has 7 atom stereocenters. The van der Waals surface area contributed by atoms with E-state index < -0.39 is 29.8 Å². The Bertz CT molecular complexity index is 2700. The number of ether oxygens (including phenoxy) is 5. The number of carbonyl (C=O) groups excluding carboxylic acids is 16. The lowest BCUT2D eigenvalue weighted by molar-refractivity contribution is -0.125. The maximum absolute atomic E-state index is 12.3. The molecule has 0 aliphatic heterocycles. The first-order valence-electron chi connectivity index (χ1n) is 41.1. The summed E-state index contributed by atoms with van der Waals surface area (Å²) in [5, 5.41) is 29.9. The molecule has 0 aromatic rings. The molecule has 668 valence electrons. The standard InChI is InChI=1S/C34H62N4O9.C16H29N3O5.C14H26N2O4.C11H21NO2.C8H17NO/c1-27(2)34(25-46-21-13-31(42)12-8-6-7-11-28(3)39,26-47-23-15-33(44)38-20-10-18-36-30(5)41)16-24-45-22-14-32(43)37-19-9-17-35-29(4)40;1-10(2)15(9-18-13(5)22)19-16(23)24-14(7-6-11(3)20)8-17-12(4)21;1-9(2)11(4)16-14(19)20-13(7-6-10(3)17)8-15-12(5)18;1-8(2)11(6-5-9(3)13)7-12-10(4)14;1-6(2)7(3)5-9-8(4)10/h27H,6-26H2,1-5H3,(H,35,40)(H,36,41)(H,37,43)(H,38,44);10,14-15H,6-9H2,1-5H3,(H,17,21)(H,18,22)(H,19,23);9,11,13H,6-8H2,1-5H3,(H,15,18)(H,16,19);8,11H,5-7H2,1-4H3,(H,12,14);6-7H,5H2,1-4H3,(H,9,10). The maximum atomic E-state index is 12.3. The van der Waals surface area contributed by atoms with E-state index in [0.29, 0.717) is 159 Å². The van der Waals surface area contributed by atoms with Crippen LogP contribution in [0.5, 0.6) is 0 Å². The Balaban J connectivity index is -0.000000493. The molecule has 11 N–H and O–H groups in total. The van der Waals surface area contributed by atoms with E-state index in [1.807, 2.05) is 34.6 Å². The van der Waals surface area contributed by atoms with Crippen molar-refractivity contribution in [2.24, 2.45) is 46.8 Å². The van der Waals surface area contributed by atoms with E-state index in [-0.39, 0.29) is 152 Å². The van der Waals surface area contributed by atoms with E-state index in [1.165, 1.54) is 55.4 Å². The maximum Gasteiger partial charge on any atom is 0.407 e. The van der Waals surface area contributed by atoms with Crippen LogP contribution in [0.4, 0.5) is 9.59 Å². The Morgan fingerprint density at radius 3 is 1.08 bits per heavy atom. The summed E-state index contributed by atoms with van der Waals surface area (Å²) in [4.78, 5) is 180. The lowest BCUT2D eigenvalue weighted by atomic mass is 9.76. The summed E-state index contributed by atoms with van der Waals surface area (Å²) in [5.74, 6) is 2.19. The Kier molecular flexibility index (Phi) is 72.8. The Labute approximate surface area is 688 Å². The number of amides is 11. The molecular weight excluding hydrogens is 1490 g/mol. The smallest absolute Gasteiger partial charge is 0.407 e. The molecule has 0 bridgehead atoms. The lowest BCUT2D eigenvalue weighted by Gasteiger charge is -2.37. The third-order valence-corrected chi connectivity index (χ3v) is 18.4. The number of hydrogen-bond donors (Lipinski definition) is 11. The van der Waals surface area contributed by atoms with Crippen molar-refractivity contribution < 1.29 is 100 Å². The minimum absolute atomic E-state index is 0.00141. The van der Waals surface area contributed by atoms with Crippen LogP contribution in [0.25, 0.3) is 0 Å². The molecule has 11 amide bonds. The van der Waals surface area contributed by atoms with Crippen LogP contribution < -0.4 is 58.5 Å². The zero-order chi connectivity index (χ0) is 89.0. The zero-order valence-corrected chi connectivity index (χ0v) is 74.6. The monoisotopic (exact) mass is 1640 g/mol. The molecule has 0 aliphatic rings. The van der Waals surface area contributed by atoms with Crippen LogP contribution >= 0.6 is 0 Å². The Morgan fingerprint density at radius 2 is 0.687 bits per heavy atom. The van der Waals surface area contributed by atoms with Gasteiger partial charge in [-0.3, -0.25) is 47.9 Å². The summed E-state index contributed by atoms with van der Waals surface area (Å²) in [5.41, 5.74) is -0.434. The molecule has 0 spiro atoms. The summed E-state index contributed by atoms with van der Waals surface area (Å²) < 4.78 is 28.4. The Morgan fingerprint density at radius 1 is 0.313 bits per heavy atom. The van der Waals surface area contributed by atoms with Gasteiger partial charge in [0.1, 0.15) is 41.1 Å². The van der Waals surface area contributed by atoms with E-state index in [0.717, 1.165) is 32.2 Å². The first kappa shape index (κ1) is 116. The molecular formula is C83H155N11O21. The van der Waals surface area contributed by atoms with Crippen molar-refractivity contribution in [1.29, 1.82) is 0 Å². The highest BCUT2D eigenvalue weighted by Gasteiger charge is 2.35. The quantitative estimate of drug-likeness (QED) is 0.0255. The number of carbonyl (C=O) groups is 16. The minimum atomic E-state index is -0.641. The van der Waals surface area contributed by atoms with Crippen molar-refractivity contribution in [3.05, 3.63) is 0 Å². The van der Waals surface area contributed by atoms with E-state index in [1.54, 1.807) is 20.8 Å². The van der Waals surface area contributed by atoms with Crippen LogP contribution in [0.3, 0.4) is 0 Å². The molecule has 0 aromatic heterocycles. The molecule has 32 heteroatoms. The number of rotatable bonds is 58. The summed E-state index contributed by atoms with van der Waals surface area (Å²) >= 11 is 0. The van der Waals surface area contributed by atoms with Gasteiger partial charge in [0.05, 0.1) is 52.2 Å². The molecule has 0 aromatic carbocycles. The summed E-state index contributed by atoms with van der Waals surface area (Å²) in [7, 11) is 0. The van der Waals surface area contributed by atoms with Crippen LogP contribution in [0.15, 0.2) is 0 Å². The largest absolute Gasteiger partial charge is 0.444 e. The van der Waals surface area contributed by atoms with Crippen molar-refractivity contribution in [1.82, 2.24) is 58.5 Å². The average Bonchev–Trinajstić information content (AvgIpc) is 0.841. The van der Waals surface area contributed by atoms with Gasteiger partial charge in [0, 0.05) is 164 Å². The molecule has 0 rings (SSSR count). The van der Waals surface area contributed by atoms with Gasteiger partial charge in [-0.15, -0.1) is 0 Å². The normalized spacial score (nSPS) is 12.8. The van der Waals surface area contributed by atoms with Gasteiger partial charge in [-0.2, -0.15) is 0 Å². The highest BCUT2D eigenvalue weighted by atomic mass is 16.6.